The molecule has 2 unspecified atom stereocenters. The second-order valence-electron chi connectivity index (χ2n) is 4.71. The summed E-state index contributed by atoms with van der Waals surface area (Å²) in [5, 5.41) is 23.7. The fourth-order valence-corrected chi connectivity index (χ4v) is 3.98. The molecule has 13 heteroatoms. The molecule has 0 spiro atoms. The predicted molar refractivity (Wildman–Crippen MR) is 71.4 cm³/mol. The summed E-state index contributed by atoms with van der Waals surface area (Å²) in [6, 6.07) is 0. The third-order valence-corrected chi connectivity index (χ3v) is 6.10. The van der Waals surface area contributed by atoms with Crippen LogP contribution in [0.3, 0.4) is 0 Å². The number of aliphatic carboxylic acids is 2. The van der Waals surface area contributed by atoms with Crippen molar-refractivity contribution in [1.82, 2.24) is 0 Å². The van der Waals surface area contributed by atoms with E-state index in [0.717, 1.165) is 0 Å². The van der Waals surface area contributed by atoms with Crippen molar-refractivity contribution in [3.8, 4) is 0 Å². The maximum atomic E-state index is 11.6. The maximum Gasteiger partial charge on any atom is 0.342 e. The van der Waals surface area contributed by atoms with Crippen molar-refractivity contribution in [3.05, 3.63) is 0 Å². The van der Waals surface area contributed by atoms with Crippen molar-refractivity contribution in [2.75, 3.05) is 6.61 Å². The molecule has 0 bridgehead atoms. The zero-order valence-electron chi connectivity index (χ0n) is 11.3. The van der Waals surface area contributed by atoms with E-state index in [-0.39, 0.29) is 12.8 Å². The summed E-state index contributed by atoms with van der Waals surface area (Å²) in [7, 11) is -10.8. The number of carboxylic acids is 2. The van der Waals surface area contributed by atoms with Gasteiger partial charge in [0.25, 0.3) is 0 Å². The average Bonchev–Trinajstić information content (AvgIpc) is 2.29. The van der Waals surface area contributed by atoms with E-state index in [0.29, 0.717) is 0 Å². The van der Waals surface area contributed by atoms with E-state index < -0.39 is 57.4 Å². The first kappa shape index (κ1) is 21.2. The number of carbonyl (C=O) groups is 2. The molecule has 0 aliphatic rings. The lowest BCUT2D eigenvalue weighted by Gasteiger charge is -2.32. The molecule has 0 aromatic carbocycles. The fraction of sp³-hybridized carbons (Fsp3) is 0.778. The monoisotopic (exact) mass is 364 g/mol. The Morgan fingerprint density at radius 3 is 1.77 bits per heavy atom. The third kappa shape index (κ3) is 5.13. The minimum atomic E-state index is -5.45. The molecule has 7 N–H and O–H groups in total. The first-order valence-electron chi connectivity index (χ1n) is 5.97. The summed E-state index contributed by atoms with van der Waals surface area (Å²) < 4.78 is 22.7. The maximum absolute atomic E-state index is 11.6. The van der Waals surface area contributed by atoms with Gasteiger partial charge in [0.15, 0.2) is 10.8 Å². The van der Waals surface area contributed by atoms with Gasteiger partial charge >= 0.3 is 27.1 Å². The van der Waals surface area contributed by atoms with Crippen molar-refractivity contribution in [1.29, 1.82) is 0 Å². The van der Waals surface area contributed by atoms with Crippen LogP contribution in [-0.4, -0.2) is 64.3 Å². The Morgan fingerprint density at radius 2 is 1.50 bits per heavy atom. The van der Waals surface area contributed by atoms with Gasteiger partial charge in [-0.1, -0.05) is 0 Å². The van der Waals surface area contributed by atoms with Crippen LogP contribution in [0.2, 0.25) is 0 Å². The van der Waals surface area contributed by atoms with E-state index in [9.17, 15) is 28.5 Å². The predicted octanol–water partition coefficient (Wildman–Crippen LogP) is -0.829. The first-order chi connectivity index (χ1) is 9.79. The molecule has 0 aromatic heterocycles. The van der Waals surface area contributed by atoms with E-state index in [1.807, 2.05) is 0 Å². The van der Waals surface area contributed by atoms with Gasteiger partial charge < -0.3 is 34.9 Å². The number of carboxylic acid groups (broad SMARTS) is 2. The third-order valence-electron chi connectivity index (χ3n) is 3.18. The molecular weight excluding hydrogens is 346 g/mol. The minimum Gasteiger partial charge on any atom is -0.481 e. The van der Waals surface area contributed by atoms with Gasteiger partial charge in [-0.15, -0.1) is 0 Å². The number of hydrogen-bond acceptors (Lipinski definition) is 5. The molecule has 2 atom stereocenters. The van der Waals surface area contributed by atoms with Crippen LogP contribution >= 0.6 is 15.2 Å². The van der Waals surface area contributed by atoms with Crippen LogP contribution in [0.5, 0.6) is 0 Å². The Hall–Kier alpha value is -0.800. The number of hydrogen-bond donors (Lipinski definition) is 7. The Morgan fingerprint density at radius 1 is 1.00 bits per heavy atom. The van der Waals surface area contributed by atoms with Gasteiger partial charge in [0.05, 0.1) is 0 Å². The summed E-state index contributed by atoms with van der Waals surface area (Å²) in [6.45, 7) is -0.391. The van der Waals surface area contributed by atoms with Gasteiger partial charge in [-0.2, -0.15) is 0 Å². The standard InChI is InChI=1S/C9H18O11P2/c10-4-2-1-3-9(8(13)14,22(18,19)20)5-6(7(11)12)21(15,16)17/h6,10H,1-5H2,(H,11,12)(H,13,14)(H2,15,16,17)(H2,18,19,20). The first-order valence-corrected chi connectivity index (χ1v) is 9.27. The van der Waals surface area contributed by atoms with Gasteiger partial charge in [-0.25, -0.2) is 0 Å². The molecule has 130 valence electrons. The van der Waals surface area contributed by atoms with Crippen LogP contribution in [0.25, 0.3) is 0 Å². The van der Waals surface area contributed by atoms with Crippen LogP contribution < -0.4 is 0 Å². The fourth-order valence-electron chi connectivity index (χ4n) is 1.88. The van der Waals surface area contributed by atoms with E-state index in [2.05, 4.69) is 0 Å². The molecule has 0 aliphatic heterocycles. The lowest BCUT2D eigenvalue weighted by atomic mass is 9.95. The SMILES string of the molecule is O=C(O)C(CC(CCCCO)(C(=O)O)P(=O)(O)O)P(=O)(O)O. The minimum absolute atomic E-state index is 0.0112. The normalized spacial score (nSPS) is 16.8. The van der Waals surface area contributed by atoms with Crippen LogP contribution in [0.1, 0.15) is 25.7 Å². The molecule has 11 nitrogen and oxygen atoms in total. The topological polar surface area (TPSA) is 210 Å². The molecule has 0 heterocycles. The molecule has 22 heavy (non-hydrogen) atoms. The lowest BCUT2D eigenvalue weighted by molar-refractivity contribution is -0.142. The van der Waals surface area contributed by atoms with Gasteiger partial charge in [0.2, 0.25) is 0 Å². The summed E-state index contributed by atoms with van der Waals surface area (Å²) >= 11 is 0. The molecule has 0 amide bonds. The van der Waals surface area contributed by atoms with Crippen LogP contribution in [-0.2, 0) is 18.7 Å². The number of unbranched alkanes of at least 4 members (excludes halogenated alkanes) is 1. The number of aliphatic hydroxyl groups excluding tert-OH is 1. The zero-order chi connectivity index (χ0) is 17.8. The van der Waals surface area contributed by atoms with E-state index in [1.54, 1.807) is 0 Å². The Labute approximate surface area is 124 Å². The van der Waals surface area contributed by atoms with Crippen LogP contribution in [0, 0.1) is 0 Å². The Kier molecular flexibility index (Phi) is 7.37. The van der Waals surface area contributed by atoms with Crippen molar-refractivity contribution in [2.45, 2.75) is 36.5 Å². The van der Waals surface area contributed by atoms with Crippen molar-refractivity contribution in [2.24, 2.45) is 0 Å². The van der Waals surface area contributed by atoms with Crippen molar-refractivity contribution in [3.63, 3.8) is 0 Å². The number of rotatable bonds is 10. The van der Waals surface area contributed by atoms with Crippen molar-refractivity contribution < 1.29 is 53.6 Å². The molecule has 0 radical (unpaired) electrons. The molecule has 0 fully saturated rings. The van der Waals surface area contributed by atoms with Crippen LogP contribution in [0.15, 0.2) is 0 Å². The Bertz CT molecular complexity index is 506. The van der Waals surface area contributed by atoms with Gasteiger partial charge in [-0.05, 0) is 25.7 Å². The van der Waals surface area contributed by atoms with E-state index in [1.165, 1.54) is 0 Å². The van der Waals surface area contributed by atoms with Gasteiger partial charge in [-0.3, -0.25) is 18.7 Å². The highest BCUT2D eigenvalue weighted by Crippen LogP contribution is 2.59. The summed E-state index contributed by atoms with van der Waals surface area (Å²) in [5.41, 5.74) is -2.56. The molecule has 0 aromatic rings. The lowest BCUT2D eigenvalue weighted by Crippen LogP contribution is -2.43. The summed E-state index contributed by atoms with van der Waals surface area (Å²) in [5.74, 6) is -4.12. The quantitative estimate of drug-likeness (QED) is 0.188. The molecule has 0 saturated heterocycles. The highest BCUT2D eigenvalue weighted by atomic mass is 31.2. The molecule has 0 saturated carbocycles. The highest BCUT2D eigenvalue weighted by Gasteiger charge is 2.57. The molecular formula is C9H18O11P2. The smallest absolute Gasteiger partial charge is 0.342 e. The second kappa shape index (κ2) is 7.65. The molecule has 0 aliphatic carbocycles. The Balaban J connectivity index is 5.84. The van der Waals surface area contributed by atoms with Gasteiger partial charge in [0.1, 0.15) is 0 Å². The second-order valence-corrected chi connectivity index (χ2v) is 8.45. The van der Waals surface area contributed by atoms with Gasteiger partial charge in [0, 0.05) is 6.61 Å². The van der Waals surface area contributed by atoms with Crippen LogP contribution in [0.4, 0.5) is 0 Å². The van der Waals surface area contributed by atoms with E-state index in [4.69, 9.17) is 25.1 Å². The largest absolute Gasteiger partial charge is 0.481 e. The number of aliphatic hydroxyl groups is 1. The van der Waals surface area contributed by atoms with E-state index >= 15 is 0 Å². The summed E-state index contributed by atoms with van der Waals surface area (Å²) in [6.07, 6.45) is -2.36. The highest BCUT2D eigenvalue weighted by molar-refractivity contribution is 7.55. The van der Waals surface area contributed by atoms with Crippen molar-refractivity contribution >= 4 is 27.1 Å². The average molecular weight is 364 g/mol. The zero-order valence-corrected chi connectivity index (χ0v) is 13.1. The molecule has 0 rings (SSSR count). The summed E-state index contributed by atoms with van der Waals surface area (Å²) in [4.78, 5) is 58.9.